The molecule has 1 aromatic carbocycles. The molecule has 18 nitrogen and oxygen atoms in total. The number of rotatable bonds is 8. The van der Waals surface area contributed by atoms with Gasteiger partial charge < -0.3 is 29.5 Å². The van der Waals surface area contributed by atoms with Gasteiger partial charge in [0.2, 0.25) is 11.8 Å². The highest BCUT2D eigenvalue weighted by atomic mass is 32.1. The van der Waals surface area contributed by atoms with Gasteiger partial charge in [0.25, 0.3) is 23.3 Å². The Balaban J connectivity index is 0.717. The number of hydrogen-bond acceptors (Lipinski definition) is 15. The number of ether oxygens (including phenoxy) is 1. The molecule has 0 radical (unpaired) electrons. The zero-order valence-corrected chi connectivity index (χ0v) is 39.9. The third kappa shape index (κ3) is 7.67. The number of piperazine rings is 1. The minimum absolute atomic E-state index is 0.0345. The zero-order valence-electron chi connectivity index (χ0n) is 42.1. The number of benzene rings is 1. The largest absolute Gasteiger partial charge is 0.489 e. The van der Waals surface area contributed by atoms with Crippen LogP contribution in [-0.2, 0) is 42.4 Å². The number of nitrogens with one attached hydrogen (secondary N) is 2. The minimum Gasteiger partial charge on any atom is -0.489 e. The number of aliphatic hydroxyl groups excluding tert-OH is 1. The maximum absolute atomic E-state index is 14.1. The highest BCUT2D eigenvalue weighted by Crippen LogP contribution is 2.44. The molecule has 12 rings (SSSR count). The predicted octanol–water partition coefficient (Wildman–Crippen LogP) is 4.56. The van der Waals surface area contributed by atoms with E-state index in [4.69, 9.17) is 8.85 Å². The van der Waals surface area contributed by atoms with Gasteiger partial charge in [0, 0.05) is 90.7 Å². The summed E-state index contributed by atoms with van der Waals surface area (Å²) in [6.45, 7) is 2.71. The second-order valence-electron chi connectivity index (χ2n) is 19.6. The van der Waals surface area contributed by atoms with Crippen LogP contribution in [0.3, 0.4) is 0 Å². The minimum atomic E-state index is -2.84. The van der Waals surface area contributed by atoms with Crippen molar-refractivity contribution >= 4 is 69.6 Å². The first kappa shape index (κ1) is 41.8. The van der Waals surface area contributed by atoms with Crippen molar-refractivity contribution in [3.05, 3.63) is 103 Å². The van der Waals surface area contributed by atoms with Crippen molar-refractivity contribution in [3.8, 4) is 16.9 Å². The number of piperidine rings is 2. The third-order valence-corrected chi connectivity index (χ3v) is 16.9. The first-order valence-electron chi connectivity index (χ1n) is 26.0. The van der Waals surface area contributed by atoms with Crippen LogP contribution in [-0.4, -0.2) is 122 Å². The second kappa shape index (κ2) is 17.7. The quantitative estimate of drug-likeness (QED) is 0.183. The molecular weight excluding hydrogens is 925 g/mol. The molecule has 71 heavy (non-hydrogen) atoms. The highest BCUT2D eigenvalue weighted by molar-refractivity contribution is 7.14. The van der Waals surface area contributed by atoms with E-state index in [-0.39, 0.29) is 53.7 Å². The molecule has 4 aromatic heterocycles. The average Bonchev–Trinajstić information content (AvgIpc) is 3.89. The average molecular weight is 982 g/mol. The van der Waals surface area contributed by atoms with E-state index in [1.165, 1.54) is 22.8 Å². The third-order valence-electron chi connectivity index (χ3n) is 15.5. The molecule has 5 aromatic rings. The van der Waals surface area contributed by atoms with Gasteiger partial charge in [-0.25, -0.2) is 9.97 Å². The Labute approximate surface area is 417 Å². The first-order chi connectivity index (χ1) is 35.6. The number of aliphatic hydroxyl groups is 1. The Morgan fingerprint density at radius 1 is 0.873 bits per heavy atom. The van der Waals surface area contributed by atoms with Crippen LogP contribution in [0.2, 0.25) is 0 Å². The van der Waals surface area contributed by atoms with Crippen LogP contribution in [0.4, 0.5) is 28.7 Å². The van der Waals surface area contributed by atoms with E-state index >= 15 is 0 Å². The van der Waals surface area contributed by atoms with Gasteiger partial charge in [-0.15, -0.1) is 11.3 Å². The number of thiophene rings is 1. The summed E-state index contributed by atoms with van der Waals surface area (Å²) in [4.78, 5) is 100. The molecule has 10 heterocycles. The van der Waals surface area contributed by atoms with E-state index in [1.54, 1.807) is 52.8 Å². The fourth-order valence-electron chi connectivity index (χ4n) is 12.0. The van der Waals surface area contributed by atoms with E-state index in [9.17, 15) is 33.9 Å². The van der Waals surface area contributed by atoms with E-state index in [2.05, 4.69) is 42.2 Å². The first-order valence-corrected chi connectivity index (χ1v) is 25.3. The fourth-order valence-corrected chi connectivity index (χ4v) is 13.4. The number of carbonyl (C=O) groups excluding carboxylic acids is 5. The number of aryl methyl sites for hydroxylation is 2. The standard InChI is InChI=1S/C52H54N10O8S/c1-28-24-58(30-12-15-60-32(20-30)27-70-42-22-37-36(21-41(42)60)49(66)62(50(37)67)40-8-10-45(64)56-48(40)65)17-18-59(28)31-7-9-44(54-23-31)55-39-19-29(25-57(2)51(39)68)33-11-14-53-47(38(33)26-63)61-16-13-35-34-5-3-4-6-43(34)71-46(35)52(61)69/h7,9,11,14,19,21-23,25,28,30,32,40,63H,3-6,8,10,12-13,15-18,20,24,26-27H2,1-2H3,(H,54,55)(H,56,64,65)/t28-,30+,32+,40?/m0/s1/i2D3. The monoisotopic (exact) mass is 981 g/mol. The molecule has 3 N–H and O–H groups in total. The van der Waals surface area contributed by atoms with Crippen LogP contribution >= 0.6 is 11.3 Å². The number of aromatic nitrogens is 3. The van der Waals surface area contributed by atoms with Gasteiger partial charge in [-0.1, -0.05) is 0 Å². The van der Waals surface area contributed by atoms with Gasteiger partial charge >= 0.3 is 0 Å². The number of imide groups is 2. The molecule has 1 unspecified atom stereocenters. The van der Waals surface area contributed by atoms with Crippen molar-refractivity contribution in [2.45, 2.75) is 95.5 Å². The normalized spacial score (nSPS) is 24.0. The summed E-state index contributed by atoms with van der Waals surface area (Å²) >= 11 is 1.56. The van der Waals surface area contributed by atoms with Crippen molar-refractivity contribution in [2.24, 2.45) is 6.98 Å². The number of pyridine rings is 3. The van der Waals surface area contributed by atoms with E-state index in [0.717, 1.165) is 86.5 Å². The van der Waals surface area contributed by atoms with Gasteiger partial charge in [-0.05, 0) is 111 Å². The van der Waals surface area contributed by atoms with Crippen LogP contribution in [0, 0.1) is 0 Å². The molecule has 3 fully saturated rings. The topological polar surface area (TPSA) is 203 Å². The van der Waals surface area contributed by atoms with Crippen molar-refractivity contribution < 1.29 is 37.9 Å². The van der Waals surface area contributed by atoms with E-state index in [1.807, 2.05) is 6.07 Å². The Hall–Kier alpha value is -6.96. The summed E-state index contributed by atoms with van der Waals surface area (Å²) in [5, 5.41) is 16.2. The van der Waals surface area contributed by atoms with Gasteiger partial charge in [0.1, 0.15) is 35.7 Å². The van der Waals surface area contributed by atoms with Crippen molar-refractivity contribution in [2.75, 3.05) is 59.3 Å². The van der Waals surface area contributed by atoms with Crippen LogP contribution in [0.1, 0.15) is 102 Å². The Kier molecular flexibility index (Phi) is 10.4. The van der Waals surface area contributed by atoms with Crippen molar-refractivity contribution in [1.82, 2.24) is 29.7 Å². The molecular formula is C52H54N10O8S. The van der Waals surface area contributed by atoms with E-state index < -0.39 is 48.8 Å². The number of hydrogen-bond donors (Lipinski definition) is 3. The lowest BCUT2D eigenvalue weighted by atomic mass is 9.92. The smallest absolute Gasteiger partial charge is 0.274 e. The molecule has 0 saturated carbocycles. The van der Waals surface area contributed by atoms with Gasteiger partial charge in [0.05, 0.1) is 46.2 Å². The van der Waals surface area contributed by atoms with Crippen molar-refractivity contribution in [1.29, 1.82) is 0 Å². The molecule has 1 aliphatic carbocycles. The number of nitrogens with zero attached hydrogens (tertiary/aromatic N) is 8. The Morgan fingerprint density at radius 3 is 2.51 bits per heavy atom. The fraction of sp³-hybridized carbons (Fsp3) is 0.423. The van der Waals surface area contributed by atoms with Crippen LogP contribution in [0.5, 0.6) is 5.75 Å². The van der Waals surface area contributed by atoms with Crippen LogP contribution in [0.25, 0.3) is 11.1 Å². The molecule has 7 aliphatic rings. The lowest BCUT2D eigenvalue weighted by molar-refractivity contribution is -0.136. The molecule has 366 valence electrons. The van der Waals surface area contributed by atoms with E-state index in [0.29, 0.717) is 63.1 Å². The summed E-state index contributed by atoms with van der Waals surface area (Å²) in [5.74, 6) is -1.20. The molecule has 4 atom stereocenters. The number of fused-ring (bicyclic) bond motifs is 7. The molecule has 19 heteroatoms. The molecule has 0 spiro atoms. The summed E-state index contributed by atoms with van der Waals surface area (Å²) in [5.41, 5.74) is 4.80. The lowest BCUT2D eigenvalue weighted by Crippen LogP contribution is -2.59. The number of anilines is 5. The second-order valence-corrected chi connectivity index (χ2v) is 20.7. The summed E-state index contributed by atoms with van der Waals surface area (Å²) < 4.78 is 31.8. The highest BCUT2D eigenvalue weighted by Gasteiger charge is 2.47. The molecule has 3 saturated heterocycles. The molecule has 5 amide bonds. The predicted molar refractivity (Wildman–Crippen MR) is 266 cm³/mol. The summed E-state index contributed by atoms with van der Waals surface area (Å²) in [7, 11) is 0. The van der Waals surface area contributed by atoms with Gasteiger partial charge in [0.15, 0.2) is 0 Å². The van der Waals surface area contributed by atoms with Crippen LogP contribution in [0.15, 0.2) is 59.8 Å². The van der Waals surface area contributed by atoms with Gasteiger partial charge in [-0.2, -0.15) is 0 Å². The Morgan fingerprint density at radius 2 is 1.72 bits per heavy atom. The Bertz CT molecular complexity index is 3250. The zero-order chi connectivity index (χ0) is 51.3. The SMILES string of the molecule is [2H]C([2H])([2H])n1cc(-c2ccnc(N3CCc4c(sc5c4CCCC5)C3=O)c2CO)cc(Nc2ccc(N3CCN([C@@H]4CCN5c6cc7c(cc6OC[C@H]5C4)C(=O)N(C4CCC(=O)NC4=O)C7=O)C[C@@H]3C)cn2)c1=O. The maximum atomic E-state index is 14.1. The number of amides is 5. The summed E-state index contributed by atoms with van der Waals surface area (Å²) in [6, 6.07) is 9.61. The summed E-state index contributed by atoms with van der Waals surface area (Å²) in [6.07, 6.45) is 11.2. The number of carbonyl (C=O) groups is 5. The van der Waals surface area contributed by atoms with Gasteiger partial charge in [-0.3, -0.25) is 48.8 Å². The maximum Gasteiger partial charge on any atom is 0.274 e. The van der Waals surface area contributed by atoms with Crippen LogP contribution < -0.4 is 35.6 Å². The lowest BCUT2D eigenvalue weighted by Gasteiger charge is -2.50. The molecule has 0 bridgehead atoms. The molecule has 6 aliphatic heterocycles. The van der Waals surface area contributed by atoms with Crippen molar-refractivity contribution in [3.63, 3.8) is 0 Å².